The zero-order valence-electron chi connectivity index (χ0n) is 12.7. The first-order valence-electron chi connectivity index (χ1n) is 7.20. The Bertz CT molecular complexity index is 563. The summed E-state index contributed by atoms with van der Waals surface area (Å²) in [6.07, 6.45) is 3.23. The van der Waals surface area contributed by atoms with Gasteiger partial charge in [0.1, 0.15) is 0 Å². The summed E-state index contributed by atoms with van der Waals surface area (Å²) in [6.45, 7) is 0.438. The molecule has 1 aliphatic carbocycles. The molecular weight excluding hydrogens is 288 g/mol. The Kier molecular flexibility index (Phi) is 5.03. The predicted molar refractivity (Wildman–Crippen MR) is 83.3 cm³/mol. The lowest BCUT2D eigenvalue weighted by Gasteiger charge is -2.47. The van der Waals surface area contributed by atoms with Crippen molar-refractivity contribution >= 4 is 10.0 Å². The molecule has 1 fully saturated rings. The van der Waals surface area contributed by atoms with Crippen LogP contribution in [0.4, 0.5) is 0 Å². The Morgan fingerprint density at radius 2 is 1.76 bits per heavy atom. The molecule has 6 heteroatoms. The Hall–Kier alpha value is -0.950. The summed E-state index contributed by atoms with van der Waals surface area (Å²) in [6, 6.07) is 6.99. The van der Waals surface area contributed by atoms with Gasteiger partial charge in [-0.25, -0.2) is 13.1 Å². The molecule has 0 aromatic heterocycles. The number of rotatable bonds is 7. The summed E-state index contributed by atoms with van der Waals surface area (Å²) in [7, 11) is 0.666. The standard InChI is InChI=1S/C15H24N2O3S/c1-17(2)15(8-3-9-15)12-16-21(19,20)11-14-6-4-13(10-18)5-7-14/h4-7,16,18H,3,8-12H2,1-2H3. The van der Waals surface area contributed by atoms with E-state index in [1.807, 2.05) is 14.1 Å². The Morgan fingerprint density at radius 1 is 1.19 bits per heavy atom. The van der Waals surface area contributed by atoms with Crippen LogP contribution in [-0.2, 0) is 22.4 Å². The van der Waals surface area contributed by atoms with Crippen LogP contribution in [0.2, 0.25) is 0 Å². The number of sulfonamides is 1. The molecule has 2 rings (SSSR count). The number of hydrogen-bond donors (Lipinski definition) is 2. The summed E-state index contributed by atoms with van der Waals surface area (Å²) in [5.41, 5.74) is 1.49. The first-order valence-corrected chi connectivity index (χ1v) is 8.86. The average Bonchev–Trinajstić information content (AvgIpc) is 2.37. The molecule has 0 atom stereocenters. The second-order valence-corrected chi connectivity index (χ2v) is 7.83. The van der Waals surface area contributed by atoms with Crippen LogP contribution < -0.4 is 4.72 Å². The minimum atomic E-state index is -3.34. The van der Waals surface area contributed by atoms with E-state index in [1.165, 1.54) is 0 Å². The molecule has 0 bridgehead atoms. The fraction of sp³-hybridized carbons (Fsp3) is 0.600. The number of aliphatic hydroxyl groups is 1. The van der Waals surface area contributed by atoms with Gasteiger partial charge < -0.3 is 10.0 Å². The van der Waals surface area contributed by atoms with E-state index in [0.717, 1.165) is 30.4 Å². The van der Waals surface area contributed by atoms with Crippen molar-refractivity contribution in [3.63, 3.8) is 0 Å². The van der Waals surface area contributed by atoms with Crippen LogP contribution in [0.15, 0.2) is 24.3 Å². The summed E-state index contributed by atoms with van der Waals surface area (Å²) < 4.78 is 27.1. The van der Waals surface area contributed by atoms with Crippen molar-refractivity contribution in [1.29, 1.82) is 0 Å². The zero-order valence-corrected chi connectivity index (χ0v) is 13.5. The van der Waals surface area contributed by atoms with E-state index in [0.29, 0.717) is 6.54 Å². The summed E-state index contributed by atoms with van der Waals surface area (Å²) in [5.74, 6) is -0.0256. The summed E-state index contributed by atoms with van der Waals surface area (Å²) in [4.78, 5) is 2.12. The topological polar surface area (TPSA) is 69.6 Å². The number of nitrogens with one attached hydrogen (secondary N) is 1. The van der Waals surface area contributed by atoms with Crippen molar-refractivity contribution in [3.8, 4) is 0 Å². The molecule has 0 amide bonds. The second kappa shape index (κ2) is 6.44. The van der Waals surface area contributed by atoms with E-state index in [9.17, 15) is 8.42 Å². The third kappa shape index (κ3) is 4.03. The van der Waals surface area contributed by atoms with Gasteiger partial charge in [0, 0.05) is 12.1 Å². The maximum Gasteiger partial charge on any atom is 0.215 e. The highest BCUT2D eigenvalue weighted by atomic mass is 32.2. The third-order valence-corrected chi connectivity index (χ3v) is 5.71. The van der Waals surface area contributed by atoms with Gasteiger partial charge in [0.15, 0.2) is 0 Å². The predicted octanol–water partition coefficient (Wildman–Crippen LogP) is 1.08. The van der Waals surface area contributed by atoms with Gasteiger partial charge in [0.2, 0.25) is 10.0 Å². The lowest BCUT2D eigenvalue weighted by atomic mass is 9.76. The summed E-state index contributed by atoms with van der Waals surface area (Å²) in [5, 5.41) is 8.99. The molecule has 0 spiro atoms. The third-order valence-electron chi connectivity index (χ3n) is 4.42. The van der Waals surface area contributed by atoms with Gasteiger partial charge in [-0.05, 0) is 44.5 Å². The van der Waals surface area contributed by atoms with Gasteiger partial charge in [-0.2, -0.15) is 0 Å². The second-order valence-electron chi connectivity index (χ2n) is 6.03. The van der Waals surface area contributed by atoms with Gasteiger partial charge in [-0.15, -0.1) is 0 Å². The molecule has 5 nitrogen and oxygen atoms in total. The van der Waals surface area contributed by atoms with Crippen molar-refractivity contribution in [3.05, 3.63) is 35.4 Å². The Labute approximate surface area is 127 Å². The molecule has 1 aromatic rings. The van der Waals surface area contributed by atoms with Crippen LogP contribution in [0.25, 0.3) is 0 Å². The normalized spacial score (nSPS) is 17.7. The van der Waals surface area contributed by atoms with Crippen LogP contribution in [0.3, 0.4) is 0 Å². The van der Waals surface area contributed by atoms with Crippen LogP contribution >= 0.6 is 0 Å². The lowest BCUT2D eigenvalue weighted by Crippen LogP contribution is -2.57. The van der Waals surface area contributed by atoms with E-state index in [-0.39, 0.29) is 17.9 Å². The van der Waals surface area contributed by atoms with Crippen molar-refractivity contribution < 1.29 is 13.5 Å². The van der Waals surface area contributed by atoms with Crippen LogP contribution in [0.1, 0.15) is 30.4 Å². The number of nitrogens with zero attached hydrogens (tertiary/aromatic N) is 1. The molecule has 2 N–H and O–H groups in total. The van der Waals surface area contributed by atoms with E-state index in [1.54, 1.807) is 24.3 Å². The molecular formula is C15H24N2O3S. The molecule has 0 aliphatic heterocycles. The quantitative estimate of drug-likeness (QED) is 0.790. The SMILES string of the molecule is CN(C)C1(CNS(=O)(=O)Cc2ccc(CO)cc2)CCC1. The highest BCUT2D eigenvalue weighted by molar-refractivity contribution is 7.88. The van der Waals surface area contributed by atoms with Gasteiger partial charge >= 0.3 is 0 Å². The molecule has 0 unspecified atom stereocenters. The van der Waals surface area contributed by atoms with E-state index >= 15 is 0 Å². The summed E-state index contributed by atoms with van der Waals surface area (Å²) >= 11 is 0. The first kappa shape index (κ1) is 16.4. The zero-order chi connectivity index (χ0) is 15.5. The van der Waals surface area contributed by atoms with Gasteiger partial charge in [0.25, 0.3) is 0 Å². The molecule has 118 valence electrons. The Morgan fingerprint density at radius 3 is 2.19 bits per heavy atom. The minimum Gasteiger partial charge on any atom is -0.392 e. The number of likely N-dealkylation sites (N-methyl/N-ethyl adjacent to an activating group) is 1. The fourth-order valence-corrected chi connectivity index (χ4v) is 3.84. The van der Waals surface area contributed by atoms with Gasteiger partial charge in [-0.3, -0.25) is 0 Å². The van der Waals surface area contributed by atoms with Crippen LogP contribution in [0.5, 0.6) is 0 Å². The maximum atomic E-state index is 12.2. The average molecular weight is 312 g/mol. The van der Waals surface area contributed by atoms with Crippen molar-refractivity contribution in [2.24, 2.45) is 0 Å². The molecule has 21 heavy (non-hydrogen) atoms. The van der Waals surface area contributed by atoms with Gasteiger partial charge in [-0.1, -0.05) is 24.3 Å². The van der Waals surface area contributed by atoms with E-state index in [2.05, 4.69) is 9.62 Å². The fourth-order valence-electron chi connectivity index (χ4n) is 2.62. The Balaban J connectivity index is 1.95. The molecule has 1 saturated carbocycles. The largest absolute Gasteiger partial charge is 0.392 e. The molecule has 0 saturated heterocycles. The maximum absolute atomic E-state index is 12.2. The van der Waals surface area contributed by atoms with Crippen molar-refractivity contribution in [2.75, 3.05) is 20.6 Å². The molecule has 0 heterocycles. The number of hydrogen-bond acceptors (Lipinski definition) is 4. The van der Waals surface area contributed by atoms with Crippen molar-refractivity contribution in [1.82, 2.24) is 9.62 Å². The van der Waals surface area contributed by atoms with Crippen LogP contribution in [-0.4, -0.2) is 44.6 Å². The van der Waals surface area contributed by atoms with Crippen molar-refractivity contribution in [2.45, 2.75) is 37.2 Å². The van der Waals surface area contributed by atoms with E-state index in [4.69, 9.17) is 5.11 Å². The minimum absolute atomic E-state index is 0.0200. The highest BCUT2D eigenvalue weighted by Gasteiger charge is 2.39. The molecule has 0 radical (unpaired) electrons. The first-order chi connectivity index (χ1) is 9.87. The van der Waals surface area contributed by atoms with Gasteiger partial charge in [0.05, 0.1) is 12.4 Å². The number of aliphatic hydroxyl groups excluding tert-OH is 1. The van der Waals surface area contributed by atoms with Crippen LogP contribution in [0, 0.1) is 0 Å². The molecule has 1 aliphatic rings. The van der Waals surface area contributed by atoms with E-state index < -0.39 is 10.0 Å². The number of benzene rings is 1. The lowest BCUT2D eigenvalue weighted by molar-refractivity contribution is 0.0656. The molecule has 1 aromatic carbocycles. The highest BCUT2D eigenvalue weighted by Crippen LogP contribution is 2.35. The smallest absolute Gasteiger partial charge is 0.215 e. The monoisotopic (exact) mass is 312 g/mol.